The van der Waals surface area contributed by atoms with E-state index in [1.807, 2.05) is 48.5 Å². The monoisotopic (exact) mass is 879 g/mol. The van der Waals surface area contributed by atoms with E-state index in [1.165, 1.54) is 24.5 Å². The van der Waals surface area contributed by atoms with Gasteiger partial charge in [0.2, 0.25) is 0 Å². The Bertz CT molecular complexity index is 2750. The second kappa shape index (κ2) is 17.2. The highest BCUT2D eigenvalue weighted by Gasteiger charge is 2.44. The standard InChI is InChI=1S/C46H45N11O8/c58-42(59)38-8-14-56(51-38)44(62)54-17-11-46(12-18-54)10-16-53(28-46)25-29-3-1-5-33(19-29)65-36-23-48-40(49-24-36)41-47-13-7-37(50-41)30-4-2-6-34(20-30)64-35-21-31-26-55(27-32(31)22-35)45(63)57-15-9-39(52-57)43(60)61/h1-9,13-15,19-20,23-24,31-32,35H,10-12,16-18,21-22,25-28H2,(H,58,59)(H,60,61)/t31-,32+,35+. The lowest BCUT2D eigenvalue weighted by atomic mass is 9.78. The van der Waals surface area contributed by atoms with E-state index in [0.29, 0.717) is 55.0 Å². The van der Waals surface area contributed by atoms with Crippen LogP contribution in [-0.4, -0.2) is 134 Å². The van der Waals surface area contributed by atoms with Crippen LogP contribution < -0.4 is 9.47 Å². The van der Waals surface area contributed by atoms with Crippen molar-refractivity contribution >= 4 is 24.0 Å². The summed E-state index contributed by atoms with van der Waals surface area (Å²) in [4.78, 5) is 72.5. The topological polar surface area (TPSA) is 224 Å². The van der Waals surface area contributed by atoms with Crippen molar-refractivity contribution in [3.8, 4) is 40.2 Å². The fourth-order valence-electron chi connectivity index (χ4n) is 9.75. The average Bonchev–Trinajstić information content (AvgIpc) is 4.17. The summed E-state index contributed by atoms with van der Waals surface area (Å²) in [5, 5.41) is 26.1. The van der Waals surface area contributed by atoms with Crippen LogP contribution in [0.2, 0.25) is 0 Å². The van der Waals surface area contributed by atoms with Crippen molar-refractivity contribution in [2.24, 2.45) is 17.3 Å². The van der Waals surface area contributed by atoms with Gasteiger partial charge in [0.25, 0.3) is 0 Å². The van der Waals surface area contributed by atoms with E-state index in [2.05, 4.69) is 36.1 Å². The molecule has 7 heterocycles. The molecular weight excluding hydrogens is 835 g/mol. The largest absolute Gasteiger partial charge is 0.490 e. The molecule has 1 aliphatic carbocycles. The zero-order chi connectivity index (χ0) is 44.7. The highest BCUT2D eigenvalue weighted by Crippen LogP contribution is 2.42. The summed E-state index contributed by atoms with van der Waals surface area (Å²) in [6.07, 6.45) is 12.1. The molecule has 0 unspecified atom stereocenters. The molecule has 2 N–H and O–H groups in total. The SMILES string of the molecule is O=C(O)c1ccn(C(=O)N2CCC3(CCN(Cc4cccc(Oc5cnc(-c6nccc(-c7cccc(O[C@H]8C[C@@H]9CN(C(=O)n%10ccc(C(=O)O)n%10)C[C@@H]9C8)c7)n6)nc5)c4)C3)CC2)n1. The predicted octanol–water partition coefficient (Wildman–Crippen LogP) is 5.90. The zero-order valence-electron chi connectivity index (χ0n) is 35.2. The normalized spacial score (nSPS) is 20.2. The van der Waals surface area contributed by atoms with Crippen molar-refractivity contribution < 1.29 is 38.9 Å². The molecule has 4 aromatic heterocycles. The van der Waals surface area contributed by atoms with Crippen molar-refractivity contribution in [1.82, 2.24) is 54.2 Å². The number of likely N-dealkylation sites (tertiary alicyclic amines) is 3. The molecule has 65 heavy (non-hydrogen) atoms. The third-order valence-corrected chi connectivity index (χ3v) is 13.1. The van der Waals surface area contributed by atoms with Crippen molar-refractivity contribution in [2.75, 3.05) is 39.3 Å². The van der Waals surface area contributed by atoms with Gasteiger partial charge in [0.1, 0.15) is 11.5 Å². The Morgan fingerprint density at radius 2 is 1.34 bits per heavy atom. The number of piperidine rings is 1. The molecule has 332 valence electrons. The van der Waals surface area contributed by atoms with Crippen LogP contribution in [0.3, 0.4) is 0 Å². The molecule has 2 aromatic carbocycles. The van der Waals surface area contributed by atoms with E-state index in [-0.39, 0.29) is 46.8 Å². The van der Waals surface area contributed by atoms with E-state index >= 15 is 0 Å². The number of carboxylic acid groups (broad SMARTS) is 2. The average molecular weight is 880 g/mol. The summed E-state index contributed by atoms with van der Waals surface area (Å²) in [5.74, 6) is 0.838. The van der Waals surface area contributed by atoms with Crippen molar-refractivity contribution in [2.45, 2.75) is 44.8 Å². The van der Waals surface area contributed by atoms with Crippen LogP contribution in [-0.2, 0) is 6.54 Å². The lowest BCUT2D eigenvalue weighted by Crippen LogP contribution is -2.45. The summed E-state index contributed by atoms with van der Waals surface area (Å²) < 4.78 is 14.8. The summed E-state index contributed by atoms with van der Waals surface area (Å²) >= 11 is 0. The molecule has 0 radical (unpaired) electrons. The van der Waals surface area contributed by atoms with Gasteiger partial charge in [0.05, 0.1) is 24.2 Å². The van der Waals surface area contributed by atoms with Gasteiger partial charge < -0.3 is 29.5 Å². The fourth-order valence-corrected chi connectivity index (χ4v) is 9.75. The van der Waals surface area contributed by atoms with Gasteiger partial charge >= 0.3 is 24.0 Å². The maximum absolute atomic E-state index is 13.0. The molecule has 3 atom stereocenters. The number of nitrogens with zero attached hydrogens (tertiary/aromatic N) is 11. The van der Waals surface area contributed by atoms with Crippen molar-refractivity contribution in [3.05, 3.63) is 115 Å². The first-order chi connectivity index (χ1) is 31.5. The Morgan fingerprint density at radius 1 is 0.692 bits per heavy atom. The molecule has 3 saturated heterocycles. The van der Waals surface area contributed by atoms with Gasteiger partial charge in [-0.15, -0.1) is 0 Å². The van der Waals surface area contributed by atoms with E-state index in [4.69, 9.17) is 24.7 Å². The smallest absolute Gasteiger partial charge is 0.356 e. The molecule has 1 spiro atoms. The van der Waals surface area contributed by atoms with Crippen LogP contribution in [0.5, 0.6) is 17.2 Å². The second-order valence-electron chi connectivity index (χ2n) is 17.3. The predicted molar refractivity (Wildman–Crippen MR) is 230 cm³/mol. The number of aromatic nitrogens is 8. The first kappa shape index (κ1) is 41.5. The maximum Gasteiger partial charge on any atom is 0.356 e. The number of rotatable bonds is 10. The van der Waals surface area contributed by atoms with Gasteiger partial charge in [-0.3, -0.25) is 4.90 Å². The minimum Gasteiger partial charge on any atom is -0.490 e. The molecule has 2 amide bonds. The molecule has 4 fully saturated rings. The lowest BCUT2D eigenvalue weighted by Gasteiger charge is -2.39. The quantitative estimate of drug-likeness (QED) is 0.164. The van der Waals surface area contributed by atoms with Crippen LogP contribution in [0.4, 0.5) is 9.59 Å². The Balaban J connectivity index is 0.707. The van der Waals surface area contributed by atoms with Gasteiger partial charge in [-0.05, 0) is 104 Å². The van der Waals surface area contributed by atoms with Crippen LogP contribution in [0, 0.1) is 17.3 Å². The molecular formula is C46H45N11O8. The number of amides is 2. The molecule has 1 saturated carbocycles. The number of fused-ring (bicyclic) bond motifs is 1. The molecule has 0 bridgehead atoms. The van der Waals surface area contributed by atoms with Crippen LogP contribution in [0.25, 0.3) is 22.9 Å². The number of ether oxygens (including phenoxy) is 2. The Hall–Kier alpha value is -7.54. The summed E-state index contributed by atoms with van der Waals surface area (Å²) in [6, 6.07) is 19.6. The second-order valence-corrected chi connectivity index (χ2v) is 17.3. The Labute approximate surface area is 372 Å². The highest BCUT2D eigenvalue weighted by atomic mass is 16.5. The number of hydrogen-bond donors (Lipinski definition) is 2. The molecule has 3 aliphatic heterocycles. The lowest BCUT2D eigenvalue weighted by molar-refractivity contribution is 0.0679. The van der Waals surface area contributed by atoms with Gasteiger partial charge in [0, 0.05) is 63.4 Å². The van der Waals surface area contributed by atoms with Gasteiger partial charge in [-0.25, -0.2) is 39.1 Å². The van der Waals surface area contributed by atoms with Crippen molar-refractivity contribution in [3.63, 3.8) is 0 Å². The minimum atomic E-state index is -1.17. The van der Waals surface area contributed by atoms with Crippen LogP contribution >= 0.6 is 0 Å². The van der Waals surface area contributed by atoms with Crippen LogP contribution in [0.1, 0.15) is 58.6 Å². The number of carbonyl (C=O) groups excluding carboxylic acids is 2. The summed E-state index contributed by atoms with van der Waals surface area (Å²) in [5.41, 5.74) is 2.49. The Morgan fingerprint density at radius 3 is 2.02 bits per heavy atom. The third kappa shape index (κ3) is 8.86. The molecule has 10 rings (SSSR count). The number of benzene rings is 2. The van der Waals surface area contributed by atoms with Gasteiger partial charge in [-0.1, -0.05) is 24.3 Å². The van der Waals surface area contributed by atoms with Gasteiger partial charge in [-0.2, -0.15) is 19.6 Å². The fraction of sp³-hybridized carbons (Fsp3) is 0.348. The minimum absolute atomic E-state index is 0.000656. The first-order valence-corrected chi connectivity index (χ1v) is 21.6. The maximum atomic E-state index is 13.0. The van der Waals surface area contributed by atoms with E-state index in [9.17, 15) is 19.2 Å². The molecule has 19 heteroatoms. The van der Waals surface area contributed by atoms with Crippen LogP contribution in [0.15, 0.2) is 97.7 Å². The number of hydrogen-bond acceptors (Lipinski definition) is 13. The van der Waals surface area contributed by atoms with E-state index < -0.39 is 11.9 Å². The third-order valence-electron chi connectivity index (χ3n) is 13.1. The summed E-state index contributed by atoms with van der Waals surface area (Å²) in [6.45, 7) is 5.01. The number of carbonyl (C=O) groups is 4. The Kier molecular flexibility index (Phi) is 11.0. The highest BCUT2D eigenvalue weighted by molar-refractivity contribution is 5.87. The molecule has 4 aliphatic rings. The summed E-state index contributed by atoms with van der Waals surface area (Å²) in [7, 11) is 0. The van der Waals surface area contributed by atoms with Gasteiger partial charge in [0.15, 0.2) is 28.8 Å². The number of aromatic carboxylic acids is 2. The van der Waals surface area contributed by atoms with Crippen molar-refractivity contribution in [1.29, 1.82) is 0 Å². The zero-order valence-corrected chi connectivity index (χ0v) is 35.2. The number of carboxylic acids is 2. The molecule has 6 aromatic rings. The first-order valence-electron chi connectivity index (χ1n) is 21.6. The van der Waals surface area contributed by atoms with E-state index in [0.717, 1.165) is 78.0 Å². The molecule has 19 nitrogen and oxygen atoms in total. The van der Waals surface area contributed by atoms with E-state index in [1.54, 1.807) is 28.4 Å².